The van der Waals surface area contributed by atoms with Crippen LogP contribution in [0.1, 0.15) is 11.1 Å². The summed E-state index contributed by atoms with van der Waals surface area (Å²) < 4.78 is 18.1. The molecule has 0 saturated carbocycles. The van der Waals surface area contributed by atoms with Gasteiger partial charge < -0.3 is 13.6 Å². The number of hydrogen-bond acceptors (Lipinski definition) is 6. The average molecular weight is 528 g/mol. The minimum atomic E-state index is -1.88. The van der Waals surface area contributed by atoms with Crippen LogP contribution in [0.5, 0.6) is 0 Å². The predicted octanol–water partition coefficient (Wildman–Crippen LogP) is 6.88. The summed E-state index contributed by atoms with van der Waals surface area (Å²) in [5, 5.41) is 4.56. The molecule has 0 heterocycles. The van der Waals surface area contributed by atoms with Crippen LogP contribution in [0.3, 0.4) is 0 Å². The number of hydroxylamine groups is 2. The molecular weight excluding hydrogens is 487 g/mol. The van der Waals surface area contributed by atoms with Crippen molar-refractivity contribution in [2.75, 3.05) is 0 Å². The first-order valence-electron chi connectivity index (χ1n) is 11.9. The molecule has 0 radical (unpaired) electrons. The lowest BCUT2D eigenvalue weighted by molar-refractivity contribution is 0.224. The van der Waals surface area contributed by atoms with Crippen molar-refractivity contribution in [3.05, 3.63) is 89.6 Å². The average Bonchev–Trinajstić information content (AvgIpc) is 2.76. The number of benzene rings is 2. The maximum Gasteiger partial charge on any atom is 0.278 e. The van der Waals surface area contributed by atoms with Gasteiger partial charge in [-0.1, -0.05) is 60.7 Å². The molecule has 0 spiro atoms. The van der Waals surface area contributed by atoms with E-state index in [9.17, 15) is 0 Å². The van der Waals surface area contributed by atoms with Crippen molar-refractivity contribution in [2.45, 2.75) is 58.9 Å². The molecule has 2 aromatic carbocycles. The zero-order chi connectivity index (χ0) is 26.1. The molecule has 2 aromatic rings. The van der Waals surface area contributed by atoms with Crippen molar-refractivity contribution in [1.29, 1.82) is 0 Å². The first kappa shape index (κ1) is 28.8. The van der Waals surface area contributed by atoms with Gasteiger partial charge in [0.1, 0.15) is 5.71 Å². The van der Waals surface area contributed by atoms with Crippen LogP contribution in [0.25, 0.3) is 5.70 Å². The highest BCUT2D eigenvalue weighted by Crippen LogP contribution is 2.17. The van der Waals surface area contributed by atoms with Crippen molar-refractivity contribution < 1.29 is 13.6 Å². The van der Waals surface area contributed by atoms with Gasteiger partial charge in [0.25, 0.3) is 8.32 Å². The smallest absolute Gasteiger partial charge is 0.278 e. The number of rotatable bonds is 12. The second-order valence-corrected chi connectivity index (χ2v) is 24.5. The summed E-state index contributed by atoms with van der Waals surface area (Å²) in [4.78, 5) is 0. The van der Waals surface area contributed by atoms with E-state index in [1.165, 1.54) is 0 Å². The first-order valence-corrected chi connectivity index (χ1v) is 22.1. The zero-order valence-electron chi connectivity index (χ0n) is 22.6. The van der Waals surface area contributed by atoms with Gasteiger partial charge in [0, 0.05) is 5.56 Å². The van der Waals surface area contributed by atoms with Gasteiger partial charge >= 0.3 is 0 Å². The highest BCUT2D eigenvalue weighted by molar-refractivity contribution is 6.70. The molecule has 6 nitrogen and oxygen atoms in total. The summed E-state index contributed by atoms with van der Waals surface area (Å²) in [5.74, 6) is 0. The molecule has 0 amide bonds. The van der Waals surface area contributed by atoms with Crippen molar-refractivity contribution >= 4 is 36.4 Å². The topological polar surface area (TPSA) is 64.1 Å². The predicted molar refractivity (Wildman–Crippen MR) is 155 cm³/mol. The minimum Gasteiger partial charge on any atom is -0.455 e. The molecule has 0 bridgehead atoms. The maximum absolute atomic E-state index is 6.08. The molecule has 0 aliphatic heterocycles. The van der Waals surface area contributed by atoms with Gasteiger partial charge in [-0.2, -0.15) is 0 Å². The van der Waals surface area contributed by atoms with E-state index < -0.39 is 25.0 Å². The summed E-state index contributed by atoms with van der Waals surface area (Å²) in [6.07, 6.45) is 3.94. The Morgan fingerprint density at radius 3 is 1.60 bits per heavy atom. The monoisotopic (exact) mass is 527 g/mol. The van der Waals surface area contributed by atoms with Crippen LogP contribution in [0.2, 0.25) is 58.9 Å². The molecule has 35 heavy (non-hydrogen) atoms. The highest BCUT2D eigenvalue weighted by atomic mass is 28.4. The number of oxime groups is 1. The molecule has 2 N–H and O–H groups in total. The second kappa shape index (κ2) is 12.5. The van der Waals surface area contributed by atoms with Gasteiger partial charge in [0.15, 0.2) is 0 Å². The fourth-order valence-electron chi connectivity index (χ4n) is 2.57. The number of allylic oxidation sites excluding steroid dienone is 2. The van der Waals surface area contributed by atoms with E-state index in [4.69, 9.17) is 13.6 Å². The molecule has 0 unspecified atom stereocenters. The molecule has 2 rings (SSSR count). The summed E-state index contributed by atoms with van der Waals surface area (Å²) in [6.45, 7) is 19.1. The van der Waals surface area contributed by atoms with E-state index in [2.05, 4.69) is 75.0 Å². The molecule has 0 aliphatic carbocycles. The normalized spacial score (nSPS) is 14.0. The van der Waals surface area contributed by atoms with Crippen molar-refractivity contribution in [2.24, 2.45) is 5.16 Å². The molecule has 0 atom stereocenters. The zero-order valence-corrected chi connectivity index (χ0v) is 25.6. The van der Waals surface area contributed by atoms with Gasteiger partial charge in [0.2, 0.25) is 16.6 Å². The summed E-state index contributed by atoms with van der Waals surface area (Å²) in [7, 11) is -5.57. The van der Waals surface area contributed by atoms with Crippen molar-refractivity contribution in [1.82, 2.24) is 11.0 Å². The van der Waals surface area contributed by atoms with Gasteiger partial charge in [-0.25, -0.2) is 0 Å². The van der Waals surface area contributed by atoms with Gasteiger partial charge in [-0.05, 0) is 76.6 Å². The highest BCUT2D eigenvalue weighted by Gasteiger charge is 2.19. The fourth-order valence-corrected chi connectivity index (χ4v) is 3.78. The summed E-state index contributed by atoms with van der Waals surface area (Å²) in [6, 6.07) is 20.1. The number of nitrogens with one attached hydrogen (secondary N) is 2. The molecular formula is C26H41N3O3Si3. The van der Waals surface area contributed by atoms with E-state index in [0.29, 0.717) is 5.71 Å². The SMILES string of the molecule is C[Si](C)(C)ON=C(C=C(C=C(NO[Si](C)(C)C)c1ccccc1)NO[Si](C)(C)C)c1ccccc1. The Kier molecular flexibility index (Phi) is 10.3. The van der Waals surface area contributed by atoms with Crippen LogP contribution < -0.4 is 11.0 Å². The minimum absolute atomic E-state index is 0.712. The van der Waals surface area contributed by atoms with Gasteiger partial charge in [-0.3, -0.25) is 11.0 Å². The third-order valence-corrected chi connectivity index (χ3v) is 6.17. The lowest BCUT2D eigenvalue weighted by Crippen LogP contribution is -2.34. The van der Waals surface area contributed by atoms with E-state index in [1.54, 1.807) is 0 Å². The van der Waals surface area contributed by atoms with Crippen LogP contribution in [-0.2, 0) is 13.6 Å². The molecule has 0 aliphatic rings. The largest absolute Gasteiger partial charge is 0.455 e. The molecule has 0 aromatic heterocycles. The van der Waals surface area contributed by atoms with Gasteiger partial charge in [-0.15, -0.1) is 5.16 Å². The van der Waals surface area contributed by atoms with Crippen LogP contribution in [0, 0.1) is 0 Å². The Labute approximate surface area is 214 Å². The van der Waals surface area contributed by atoms with Crippen LogP contribution in [0.15, 0.2) is 83.7 Å². The first-order chi connectivity index (χ1) is 16.2. The lowest BCUT2D eigenvalue weighted by atomic mass is 10.1. The molecule has 9 heteroatoms. The van der Waals surface area contributed by atoms with E-state index in [-0.39, 0.29) is 0 Å². The Balaban J connectivity index is 2.60. The van der Waals surface area contributed by atoms with Crippen LogP contribution in [0.4, 0.5) is 0 Å². The lowest BCUT2D eigenvalue weighted by Gasteiger charge is -2.22. The quantitative estimate of drug-likeness (QED) is 0.136. The van der Waals surface area contributed by atoms with Gasteiger partial charge in [0.05, 0.1) is 11.4 Å². The summed E-state index contributed by atoms with van der Waals surface area (Å²) >= 11 is 0. The Morgan fingerprint density at radius 2 is 1.11 bits per heavy atom. The Hall–Kier alpha value is -2.44. The standard InChI is InChI=1S/C26H41N3O3Si3/c1-33(2,3)30-27-24(20-25(28-31-34(4,5)6)22-16-12-10-13-17-22)21-26(29-32-35(7,8)9)23-18-14-11-15-19-23/h10-21,27-28H,1-9H3. The maximum atomic E-state index is 6.08. The van der Waals surface area contributed by atoms with E-state index in [0.717, 1.165) is 22.5 Å². The second-order valence-electron chi connectivity index (χ2n) is 11.2. The number of nitrogens with zero attached hydrogens (tertiary/aromatic N) is 1. The summed E-state index contributed by atoms with van der Waals surface area (Å²) in [5.41, 5.74) is 10.6. The van der Waals surface area contributed by atoms with E-state index >= 15 is 0 Å². The van der Waals surface area contributed by atoms with Crippen LogP contribution in [-0.4, -0.2) is 30.7 Å². The van der Waals surface area contributed by atoms with E-state index in [1.807, 2.05) is 72.8 Å². The molecule has 0 fully saturated rings. The number of hydrogen-bond donors (Lipinski definition) is 2. The molecule has 190 valence electrons. The fraction of sp³-hybridized carbons (Fsp3) is 0.346. The third-order valence-electron chi connectivity index (χ3n) is 4.11. The van der Waals surface area contributed by atoms with Crippen molar-refractivity contribution in [3.8, 4) is 0 Å². The third kappa shape index (κ3) is 12.2. The molecule has 0 saturated heterocycles. The van der Waals surface area contributed by atoms with Crippen LogP contribution >= 0.6 is 0 Å². The van der Waals surface area contributed by atoms with Crippen molar-refractivity contribution in [3.63, 3.8) is 0 Å². The Morgan fingerprint density at radius 1 is 0.629 bits per heavy atom. The Bertz CT molecular complexity index is 1020.